The van der Waals surface area contributed by atoms with Crippen LogP contribution in [0.1, 0.15) is 20.7 Å². The maximum absolute atomic E-state index is 13.5. The lowest BCUT2D eigenvalue weighted by Gasteiger charge is -2.28. The molecule has 1 aliphatic rings. The number of carbonyl (C=O) groups excluding carboxylic acids is 2. The van der Waals surface area contributed by atoms with Crippen LogP contribution < -0.4 is 5.43 Å². The highest BCUT2D eigenvalue weighted by Gasteiger charge is 2.34. The van der Waals surface area contributed by atoms with Crippen LogP contribution in [0.15, 0.2) is 133 Å². The summed E-state index contributed by atoms with van der Waals surface area (Å²) in [4.78, 5) is 35.7. The van der Waals surface area contributed by atoms with Gasteiger partial charge in [0.2, 0.25) is 0 Å². The van der Waals surface area contributed by atoms with Crippen molar-refractivity contribution in [3.05, 3.63) is 145 Å². The van der Waals surface area contributed by atoms with Crippen LogP contribution in [0.25, 0.3) is 65.9 Å². The first kappa shape index (κ1) is 25.2. The molecule has 0 atom stereocenters. The predicted octanol–water partition coefficient (Wildman–Crippen LogP) is 8.98. The maximum atomic E-state index is 13.5. The van der Waals surface area contributed by atoms with Crippen molar-refractivity contribution in [2.45, 2.75) is 0 Å². The van der Waals surface area contributed by atoms with Crippen LogP contribution in [0.2, 0.25) is 0 Å². The molecule has 212 valence electrons. The number of anilines is 1. The number of para-hydroxylation sites is 1. The summed E-state index contributed by atoms with van der Waals surface area (Å²) in [6, 6.07) is 43.7. The van der Waals surface area contributed by atoms with E-state index in [1.807, 2.05) is 54.6 Å². The van der Waals surface area contributed by atoms with Crippen molar-refractivity contribution in [2.24, 2.45) is 0 Å². The molecule has 9 rings (SSSR count). The summed E-state index contributed by atoms with van der Waals surface area (Å²) < 4.78 is 0. The van der Waals surface area contributed by atoms with Gasteiger partial charge >= 0.3 is 0 Å². The van der Waals surface area contributed by atoms with E-state index in [-0.39, 0.29) is 11.8 Å². The molecule has 0 radical (unpaired) electrons. The van der Waals surface area contributed by atoms with Gasteiger partial charge in [-0.05, 0) is 51.6 Å². The molecule has 2 amide bonds. The van der Waals surface area contributed by atoms with Crippen LogP contribution in [-0.2, 0) is 0 Å². The number of aromatic nitrogens is 2. The Hall–Kier alpha value is -6.27. The van der Waals surface area contributed by atoms with Crippen LogP contribution in [0.3, 0.4) is 0 Å². The van der Waals surface area contributed by atoms with Gasteiger partial charge in [0.05, 0.1) is 27.8 Å². The monoisotopic (exact) mass is 580 g/mol. The van der Waals surface area contributed by atoms with Gasteiger partial charge in [0, 0.05) is 21.7 Å². The summed E-state index contributed by atoms with van der Waals surface area (Å²) in [6.45, 7) is 0. The molecule has 7 aromatic carbocycles. The van der Waals surface area contributed by atoms with Gasteiger partial charge in [-0.2, -0.15) is 5.01 Å². The third-order valence-corrected chi connectivity index (χ3v) is 8.76. The van der Waals surface area contributed by atoms with Crippen molar-refractivity contribution in [3.8, 4) is 22.5 Å². The third kappa shape index (κ3) is 3.79. The number of hydrogen-bond donors (Lipinski definition) is 2. The molecule has 2 heterocycles. The van der Waals surface area contributed by atoms with Crippen molar-refractivity contribution in [1.82, 2.24) is 15.0 Å². The summed E-state index contributed by atoms with van der Waals surface area (Å²) in [5.74, 6) is 0.0518. The van der Waals surface area contributed by atoms with Gasteiger partial charge in [0.15, 0.2) is 0 Å². The minimum Gasteiger partial charge on any atom is -0.337 e. The summed E-state index contributed by atoms with van der Waals surface area (Å²) in [5.41, 5.74) is 9.52. The lowest BCUT2D eigenvalue weighted by Crippen LogP contribution is -2.44. The first-order valence-corrected chi connectivity index (χ1v) is 14.8. The molecule has 0 spiro atoms. The number of amides is 2. The fraction of sp³-hybridized carbons (Fsp3) is 0. The summed E-state index contributed by atoms with van der Waals surface area (Å²) in [7, 11) is 0. The fourth-order valence-electron chi connectivity index (χ4n) is 6.66. The molecule has 0 aliphatic carbocycles. The number of rotatable bonds is 4. The third-order valence-electron chi connectivity index (χ3n) is 8.76. The molecule has 45 heavy (non-hydrogen) atoms. The quantitative estimate of drug-likeness (QED) is 0.161. The van der Waals surface area contributed by atoms with Gasteiger partial charge in [-0.1, -0.05) is 109 Å². The highest BCUT2D eigenvalue weighted by Crippen LogP contribution is 2.38. The average molecular weight is 581 g/mol. The second-order valence-electron chi connectivity index (χ2n) is 11.3. The first-order valence-electron chi connectivity index (χ1n) is 14.8. The zero-order valence-corrected chi connectivity index (χ0v) is 23.9. The van der Waals surface area contributed by atoms with Crippen molar-refractivity contribution in [1.29, 1.82) is 0 Å². The second kappa shape index (κ2) is 9.62. The van der Waals surface area contributed by atoms with Gasteiger partial charge in [-0.25, -0.2) is 4.98 Å². The fourth-order valence-corrected chi connectivity index (χ4v) is 6.66. The summed E-state index contributed by atoms with van der Waals surface area (Å²) in [5, 5.41) is 7.29. The largest absolute Gasteiger partial charge is 0.337 e. The summed E-state index contributed by atoms with van der Waals surface area (Å²) >= 11 is 0. The number of hydrazine groups is 1. The Morgan fingerprint density at radius 2 is 1.09 bits per heavy atom. The van der Waals surface area contributed by atoms with E-state index in [2.05, 4.69) is 83.2 Å². The van der Waals surface area contributed by atoms with E-state index in [1.54, 1.807) is 6.07 Å². The highest BCUT2D eigenvalue weighted by molar-refractivity contribution is 6.27. The Labute approximate surface area is 257 Å². The molecule has 8 aromatic rings. The number of imide groups is 1. The number of imidazole rings is 1. The minimum absolute atomic E-state index is 0.376. The molecule has 0 fully saturated rings. The van der Waals surface area contributed by atoms with Gasteiger partial charge < -0.3 is 4.98 Å². The van der Waals surface area contributed by atoms with Gasteiger partial charge in [-0.3, -0.25) is 15.0 Å². The molecule has 1 aliphatic heterocycles. The normalized spacial score (nSPS) is 12.9. The zero-order valence-electron chi connectivity index (χ0n) is 23.9. The van der Waals surface area contributed by atoms with Crippen molar-refractivity contribution in [2.75, 3.05) is 5.43 Å². The first-order chi connectivity index (χ1) is 22.2. The number of carbonyl (C=O) groups is 2. The number of aromatic amines is 1. The number of nitrogens with one attached hydrogen (secondary N) is 2. The summed E-state index contributed by atoms with van der Waals surface area (Å²) in [6.07, 6.45) is 0. The predicted molar refractivity (Wildman–Crippen MR) is 180 cm³/mol. The molecular formula is C39H24N4O2. The second-order valence-corrected chi connectivity index (χ2v) is 11.3. The molecule has 0 bridgehead atoms. The Kier molecular flexibility index (Phi) is 5.40. The molecule has 2 N–H and O–H groups in total. The van der Waals surface area contributed by atoms with Crippen molar-refractivity contribution in [3.63, 3.8) is 0 Å². The SMILES string of the molecule is O=C1c2cccc3c(-c4ccc(-c5nc6c7ccccc7c7ccccc7c6[nH]5)cc4)ccc(c23)C(=O)N1Nc1ccccc1. The molecule has 6 heteroatoms. The van der Waals surface area contributed by atoms with Crippen LogP contribution in [0, 0.1) is 0 Å². The van der Waals surface area contributed by atoms with E-state index < -0.39 is 0 Å². The zero-order chi connectivity index (χ0) is 30.1. The van der Waals surface area contributed by atoms with Crippen molar-refractivity contribution < 1.29 is 9.59 Å². The smallest absolute Gasteiger partial charge is 0.280 e. The molecular weight excluding hydrogens is 556 g/mol. The van der Waals surface area contributed by atoms with E-state index in [4.69, 9.17) is 4.98 Å². The van der Waals surface area contributed by atoms with Crippen LogP contribution in [0.4, 0.5) is 5.69 Å². The van der Waals surface area contributed by atoms with Gasteiger partial charge in [0.1, 0.15) is 5.82 Å². The molecule has 6 nitrogen and oxygen atoms in total. The number of benzene rings is 7. The van der Waals surface area contributed by atoms with E-state index in [9.17, 15) is 9.59 Å². The van der Waals surface area contributed by atoms with E-state index in [0.717, 1.165) is 54.7 Å². The minimum atomic E-state index is -0.376. The number of hydrogen-bond acceptors (Lipinski definition) is 4. The van der Waals surface area contributed by atoms with Crippen LogP contribution in [0.5, 0.6) is 0 Å². The Bertz CT molecular complexity index is 2400. The van der Waals surface area contributed by atoms with Crippen LogP contribution >= 0.6 is 0 Å². The maximum Gasteiger partial charge on any atom is 0.280 e. The van der Waals surface area contributed by atoms with Crippen LogP contribution in [-0.4, -0.2) is 26.8 Å². The lowest BCUT2D eigenvalue weighted by atomic mass is 9.89. The Balaban J connectivity index is 1.12. The topological polar surface area (TPSA) is 78.1 Å². The Morgan fingerprint density at radius 3 is 1.84 bits per heavy atom. The molecule has 1 aromatic heterocycles. The number of fused-ring (bicyclic) bond motifs is 6. The molecule has 0 saturated heterocycles. The van der Waals surface area contributed by atoms with E-state index >= 15 is 0 Å². The average Bonchev–Trinajstić information content (AvgIpc) is 3.56. The van der Waals surface area contributed by atoms with E-state index in [1.165, 1.54) is 10.8 Å². The lowest BCUT2D eigenvalue weighted by molar-refractivity contribution is 0.0649. The molecule has 0 unspecified atom stereocenters. The van der Waals surface area contributed by atoms with Gasteiger partial charge in [0.25, 0.3) is 11.8 Å². The Morgan fingerprint density at radius 1 is 0.511 bits per heavy atom. The standard InChI is InChI=1S/C39H24N4O2/c44-38-32-16-8-15-29-26(21-22-33(34(29)32)39(45)43(38)42-25-9-2-1-3-10-25)23-17-19-24(20-18-23)37-40-35-30-13-6-4-11-27(30)28-12-5-7-14-31(28)36(35)41-37/h1-22,42H,(H,40,41). The molecule has 0 saturated carbocycles. The van der Waals surface area contributed by atoms with Crippen molar-refractivity contribution >= 4 is 60.9 Å². The van der Waals surface area contributed by atoms with E-state index in [0.29, 0.717) is 22.2 Å². The number of H-pyrrole nitrogens is 1. The number of nitrogens with zero attached hydrogens (tertiary/aromatic N) is 2. The van der Waals surface area contributed by atoms with Gasteiger partial charge in [-0.15, -0.1) is 0 Å². The highest BCUT2D eigenvalue weighted by atomic mass is 16.2.